The fourth-order valence-electron chi connectivity index (χ4n) is 1.30. The van der Waals surface area contributed by atoms with Crippen LogP contribution in [0.2, 0.25) is 0 Å². The van der Waals surface area contributed by atoms with Crippen LogP contribution >= 0.6 is 0 Å². The second-order valence-electron chi connectivity index (χ2n) is 3.24. The van der Waals surface area contributed by atoms with Gasteiger partial charge in [0.1, 0.15) is 5.82 Å². The molecule has 2 nitrogen and oxygen atoms in total. The molecule has 0 saturated heterocycles. The van der Waals surface area contributed by atoms with Gasteiger partial charge in [-0.05, 0) is 24.6 Å². The molecule has 1 aromatic carbocycles. The topological polar surface area (TPSA) is 25.8 Å². The van der Waals surface area contributed by atoms with Gasteiger partial charge >= 0.3 is 0 Å². The number of aromatic nitrogens is 2. The minimum absolute atomic E-state index is 0.777. The van der Waals surface area contributed by atoms with Crippen LogP contribution in [0.15, 0.2) is 36.7 Å². The van der Waals surface area contributed by atoms with Gasteiger partial charge in [-0.25, -0.2) is 9.97 Å². The van der Waals surface area contributed by atoms with Gasteiger partial charge in [0, 0.05) is 23.5 Å². The monoisotopic (exact) mass is 194 g/mol. The molecule has 0 saturated carbocycles. The normalized spacial score (nSPS) is 9.60. The summed E-state index contributed by atoms with van der Waals surface area (Å²) in [5, 5.41) is 0. The van der Waals surface area contributed by atoms with Crippen LogP contribution in [0, 0.1) is 19.3 Å². The van der Waals surface area contributed by atoms with Crippen molar-refractivity contribution in [2.45, 2.75) is 6.92 Å². The third kappa shape index (κ3) is 2.03. The number of aryl methyl sites for hydroxylation is 1. The second kappa shape index (κ2) is 3.93. The van der Waals surface area contributed by atoms with Crippen LogP contribution in [0.3, 0.4) is 0 Å². The maximum absolute atomic E-state index is 5.28. The highest BCUT2D eigenvalue weighted by Gasteiger charge is 1.97. The summed E-state index contributed by atoms with van der Waals surface area (Å²) < 4.78 is 0. The molecule has 0 unspecified atom stereocenters. The van der Waals surface area contributed by atoms with E-state index in [1.165, 1.54) is 0 Å². The third-order valence-corrected chi connectivity index (χ3v) is 2.17. The minimum Gasteiger partial charge on any atom is -0.241 e. The molecule has 2 heteroatoms. The van der Waals surface area contributed by atoms with Crippen LogP contribution in [0.5, 0.6) is 0 Å². The summed E-state index contributed by atoms with van der Waals surface area (Å²) in [7, 11) is 0. The fraction of sp³-hybridized carbons (Fsp3) is 0.0769. The van der Waals surface area contributed by atoms with E-state index in [2.05, 4.69) is 15.9 Å². The standard InChI is InChI=1S/C13H10N2/c1-3-11-4-6-12(7-5-11)13-8-14-10(2)15-9-13/h1,4-9H,2H3. The van der Waals surface area contributed by atoms with Crippen LogP contribution < -0.4 is 0 Å². The van der Waals surface area contributed by atoms with Crippen molar-refractivity contribution in [3.8, 4) is 23.5 Å². The SMILES string of the molecule is C#Cc1ccc(-c2cnc(C)nc2)cc1. The Balaban J connectivity index is 2.38. The Labute approximate surface area is 89.0 Å². The Morgan fingerprint density at radius 2 is 1.60 bits per heavy atom. The van der Waals surface area contributed by atoms with E-state index in [0.717, 1.165) is 22.5 Å². The van der Waals surface area contributed by atoms with Crippen LogP contribution in [-0.2, 0) is 0 Å². The van der Waals surface area contributed by atoms with Crippen LogP contribution in [0.4, 0.5) is 0 Å². The first-order valence-corrected chi connectivity index (χ1v) is 4.65. The lowest BCUT2D eigenvalue weighted by atomic mass is 10.1. The maximum Gasteiger partial charge on any atom is 0.125 e. The van der Waals surface area contributed by atoms with Gasteiger partial charge in [-0.2, -0.15) is 0 Å². The number of hydrogen-bond donors (Lipinski definition) is 0. The number of rotatable bonds is 1. The maximum atomic E-state index is 5.28. The molecular formula is C13H10N2. The lowest BCUT2D eigenvalue weighted by Gasteiger charge is -2.00. The summed E-state index contributed by atoms with van der Waals surface area (Å²) in [6, 6.07) is 7.77. The zero-order valence-corrected chi connectivity index (χ0v) is 8.44. The third-order valence-electron chi connectivity index (χ3n) is 2.17. The quantitative estimate of drug-likeness (QED) is 0.651. The van der Waals surface area contributed by atoms with Gasteiger partial charge in [-0.3, -0.25) is 0 Å². The van der Waals surface area contributed by atoms with Crippen molar-refractivity contribution < 1.29 is 0 Å². The molecule has 0 fully saturated rings. The van der Waals surface area contributed by atoms with Crippen molar-refractivity contribution in [2.24, 2.45) is 0 Å². The van der Waals surface area contributed by atoms with Gasteiger partial charge in [-0.1, -0.05) is 18.1 Å². The summed E-state index contributed by atoms with van der Waals surface area (Å²) >= 11 is 0. The molecule has 0 spiro atoms. The molecule has 1 heterocycles. The molecule has 0 atom stereocenters. The Bertz CT molecular complexity index is 490. The molecule has 0 amide bonds. The van der Waals surface area contributed by atoms with Gasteiger partial charge < -0.3 is 0 Å². The molecule has 0 aliphatic heterocycles. The summed E-state index contributed by atoms with van der Waals surface area (Å²) in [6.45, 7) is 1.87. The lowest BCUT2D eigenvalue weighted by molar-refractivity contribution is 1.06. The van der Waals surface area contributed by atoms with Crippen LogP contribution in [-0.4, -0.2) is 9.97 Å². The molecule has 0 aliphatic carbocycles. The highest BCUT2D eigenvalue weighted by Crippen LogP contribution is 2.17. The van der Waals surface area contributed by atoms with E-state index in [1.54, 1.807) is 0 Å². The largest absolute Gasteiger partial charge is 0.241 e. The predicted molar refractivity (Wildman–Crippen MR) is 60.1 cm³/mol. The Morgan fingerprint density at radius 1 is 1.00 bits per heavy atom. The van der Waals surface area contributed by atoms with Crippen molar-refractivity contribution in [1.82, 2.24) is 9.97 Å². The summed E-state index contributed by atoms with van der Waals surface area (Å²) in [4.78, 5) is 8.29. The molecule has 0 radical (unpaired) electrons. The molecule has 2 rings (SSSR count). The van der Waals surface area contributed by atoms with Crippen molar-refractivity contribution in [3.63, 3.8) is 0 Å². The van der Waals surface area contributed by atoms with Gasteiger partial charge in [0.2, 0.25) is 0 Å². The first-order chi connectivity index (χ1) is 7.29. The van der Waals surface area contributed by atoms with Crippen molar-refractivity contribution >= 4 is 0 Å². The summed E-state index contributed by atoms with van der Waals surface area (Å²) in [6.07, 6.45) is 8.91. The molecule has 72 valence electrons. The van der Waals surface area contributed by atoms with Crippen molar-refractivity contribution in [2.75, 3.05) is 0 Å². The number of benzene rings is 1. The van der Waals surface area contributed by atoms with E-state index >= 15 is 0 Å². The lowest BCUT2D eigenvalue weighted by Crippen LogP contribution is -1.87. The number of terminal acetylenes is 1. The average molecular weight is 194 g/mol. The van der Waals surface area contributed by atoms with Crippen molar-refractivity contribution in [1.29, 1.82) is 0 Å². The zero-order valence-electron chi connectivity index (χ0n) is 8.44. The number of nitrogens with zero attached hydrogens (tertiary/aromatic N) is 2. The van der Waals surface area contributed by atoms with E-state index in [0.29, 0.717) is 0 Å². The Kier molecular flexibility index (Phi) is 2.47. The molecular weight excluding hydrogens is 184 g/mol. The first kappa shape index (κ1) is 9.42. The highest BCUT2D eigenvalue weighted by molar-refractivity contribution is 5.62. The zero-order chi connectivity index (χ0) is 10.7. The summed E-state index contributed by atoms with van der Waals surface area (Å²) in [5.74, 6) is 3.36. The second-order valence-corrected chi connectivity index (χ2v) is 3.24. The highest BCUT2D eigenvalue weighted by atomic mass is 14.8. The molecule has 0 N–H and O–H groups in total. The molecule has 1 aromatic heterocycles. The predicted octanol–water partition coefficient (Wildman–Crippen LogP) is 2.43. The van der Waals surface area contributed by atoms with E-state index in [1.807, 2.05) is 43.6 Å². The summed E-state index contributed by atoms with van der Waals surface area (Å²) in [5.41, 5.74) is 2.96. The van der Waals surface area contributed by atoms with Gasteiger partial charge in [0.25, 0.3) is 0 Å². The van der Waals surface area contributed by atoms with Crippen molar-refractivity contribution in [3.05, 3.63) is 48.0 Å². The average Bonchev–Trinajstić information content (AvgIpc) is 2.30. The van der Waals surface area contributed by atoms with Crippen LogP contribution in [0.25, 0.3) is 11.1 Å². The van der Waals surface area contributed by atoms with Gasteiger partial charge in [0.15, 0.2) is 0 Å². The molecule has 0 bridgehead atoms. The van der Waals surface area contributed by atoms with Gasteiger partial charge in [-0.15, -0.1) is 6.42 Å². The van der Waals surface area contributed by atoms with E-state index in [-0.39, 0.29) is 0 Å². The van der Waals surface area contributed by atoms with Gasteiger partial charge in [0.05, 0.1) is 0 Å². The fourth-order valence-corrected chi connectivity index (χ4v) is 1.30. The van der Waals surface area contributed by atoms with E-state index < -0.39 is 0 Å². The minimum atomic E-state index is 0.777. The number of hydrogen-bond acceptors (Lipinski definition) is 2. The molecule has 15 heavy (non-hydrogen) atoms. The smallest absolute Gasteiger partial charge is 0.125 e. The van der Waals surface area contributed by atoms with E-state index in [4.69, 9.17) is 6.42 Å². The molecule has 2 aromatic rings. The van der Waals surface area contributed by atoms with E-state index in [9.17, 15) is 0 Å². The Hall–Kier alpha value is -2.14. The van der Waals surface area contributed by atoms with Crippen LogP contribution in [0.1, 0.15) is 11.4 Å². The first-order valence-electron chi connectivity index (χ1n) is 4.65. The molecule has 0 aliphatic rings. The Morgan fingerprint density at radius 3 is 2.13 bits per heavy atom.